The zero-order valence-corrected chi connectivity index (χ0v) is 11.4. The summed E-state index contributed by atoms with van der Waals surface area (Å²) in [7, 11) is 0. The van der Waals surface area contributed by atoms with Gasteiger partial charge in [0.05, 0.1) is 22.5 Å². The Balaban J connectivity index is 2.21. The van der Waals surface area contributed by atoms with Crippen LogP contribution in [0.2, 0.25) is 5.02 Å². The van der Waals surface area contributed by atoms with E-state index < -0.39 is 5.91 Å². The summed E-state index contributed by atoms with van der Waals surface area (Å²) in [6.07, 6.45) is 1.51. The molecule has 0 saturated carbocycles. The van der Waals surface area contributed by atoms with Gasteiger partial charge in [-0.1, -0.05) is 11.6 Å². The Labute approximate surface area is 117 Å². The van der Waals surface area contributed by atoms with Crippen molar-refractivity contribution in [1.29, 1.82) is 0 Å². The van der Waals surface area contributed by atoms with Crippen molar-refractivity contribution in [3.05, 3.63) is 51.7 Å². The van der Waals surface area contributed by atoms with Crippen LogP contribution in [0.1, 0.15) is 10.4 Å². The zero-order chi connectivity index (χ0) is 13.1. The number of hydrogen-bond donors (Lipinski definition) is 2. The molecule has 0 aliphatic rings. The highest BCUT2D eigenvalue weighted by Gasteiger charge is 2.11. The molecule has 1 aromatic carbocycles. The molecule has 4 nitrogen and oxygen atoms in total. The molecule has 2 rings (SSSR count). The number of nitrogens with one attached hydrogen (secondary N) is 1. The lowest BCUT2D eigenvalue weighted by Crippen LogP contribution is -2.12. The molecule has 1 aromatic heterocycles. The first kappa shape index (κ1) is 12.9. The van der Waals surface area contributed by atoms with Crippen LogP contribution in [-0.2, 0) is 0 Å². The lowest BCUT2D eigenvalue weighted by atomic mass is 10.2. The van der Waals surface area contributed by atoms with Crippen LogP contribution in [-0.4, -0.2) is 16.0 Å². The maximum atomic E-state index is 11.9. The predicted octanol–water partition coefficient (Wildman–Crippen LogP) is 3.46. The lowest BCUT2D eigenvalue weighted by Gasteiger charge is -2.06. The minimum absolute atomic E-state index is 0.0153. The Morgan fingerprint density at radius 3 is 2.78 bits per heavy atom. The molecule has 92 valence electrons. The first-order chi connectivity index (χ1) is 8.56. The number of carbonyl (C=O) groups is 1. The summed E-state index contributed by atoms with van der Waals surface area (Å²) in [6.45, 7) is 0. The zero-order valence-electron chi connectivity index (χ0n) is 9.02. The number of pyridine rings is 1. The number of aromatic hydroxyl groups is 1. The van der Waals surface area contributed by atoms with E-state index >= 15 is 0 Å². The van der Waals surface area contributed by atoms with Crippen LogP contribution in [0.15, 0.2) is 41.1 Å². The van der Waals surface area contributed by atoms with E-state index in [0.717, 1.165) is 0 Å². The number of phenolic OH excluding ortho intramolecular Hbond substituents is 1. The standard InChI is InChI=1S/C12H8BrClN2O2/c13-11-4-1-7(6-15-11)16-12(18)9-5-8(17)2-3-10(9)14/h1-6,17H,(H,16,18). The molecule has 6 heteroatoms. The van der Waals surface area contributed by atoms with Crippen LogP contribution in [0.4, 0.5) is 5.69 Å². The highest BCUT2D eigenvalue weighted by Crippen LogP contribution is 2.22. The quantitative estimate of drug-likeness (QED) is 0.830. The SMILES string of the molecule is O=C(Nc1ccc(Br)nc1)c1cc(O)ccc1Cl. The van der Waals surface area contributed by atoms with E-state index in [1.165, 1.54) is 24.4 Å². The molecule has 0 unspecified atom stereocenters. The number of rotatable bonds is 2. The number of benzene rings is 1. The summed E-state index contributed by atoms with van der Waals surface area (Å²) in [4.78, 5) is 15.9. The molecule has 2 N–H and O–H groups in total. The fourth-order valence-electron chi connectivity index (χ4n) is 1.34. The molecule has 2 aromatic rings. The van der Waals surface area contributed by atoms with E-state index in [1.54, 1.807) is 12.1 Å². The molecule has 0 atom stereocenters. The normalized spacial score (nSPS) is 10.1. The van der Waals surface area contributed by atoms with E-state index in [4.69, 9.17) is 11.6 Å². The summed E-state index contributed by atoms with van der Waals surface area (Å²) >= 11 is 9.09. The topological polar surface area (TPSA) is 62.2 Å². The van der Waals surface area contributed by atoms with Crippen LogP contribution in [0.25, 0.3) is 0 Å². The second-order valence-corrected chi connectivity index (χ2v) is 4.71. The van der Waals surface area contributed by atoms with Gasteiger partial charge in [0.15, 0.2) is 0 Å². The molecular formula is C12H8BrClN2O2. The van der Waals surface area contributed by atoms with Gasteiger partial charge in [-0.2, -0.15) is 0 Å². The Hall–Kier alpha value is -1.59. The monoisotopic (exact) mass is 326 g/mol. The summed E-state index contributed by atoms with van der Waals surface area (Å²) in [5.41, 5.74) is 0.752. The van der Waals surface area contributed by atoms with Crippen molar-refractivity contribution in [2.45, 2.75) is 0 Å². The molecule has 0 aliphatic heterocycles. The predicted molar refractivity (Wildman–Crippen MR) is 73.0 cm³/mol. The van der Waals surface area contributed by atoms with E-state index in [2.05, 4.69) is 26.2 Å². The van der Waals surface area contributed by atoms with Crippen molar-refractivity contribution in [2.75, 3.05) is 5.32 Å². The highest BCUT2D eigenvalue weighted by atomic mass is 79.9. The Bertz CT molecular complexity index is 587. The third-order valence-corrected chi connectivity index (χ3v) is 2.98. The number of aromatic nitrogens is 1. The van der Waals surface area contributed by atoms with Crippen molar-refractivity contribution in [3.8, 4) is 5.75 Å². The van der Waals surface area contributed by atoms with E-state index in [9.17, 15) is 9.90 Å². The number of halogens is 2. The van der Waals surface area contributed by atoms with Gasteiger partial charge in [-0.3, -0.25) is 4.79 Å². The van der Waals surface area contributed by atoms with Crippen molar-refractivity contribution < 1.29 is 9.90 Å². The fraction of sp³-hybridized carbons (Fsp3) is 0. The van der Waals surface area contributed by atoms with Crippen LogP contribution in [0, 0.1) is 0 Å². The molecule has 0 spiro atoms. The van der Waals surface area contributed by atoms with Crippen LogP contribution in [0.5, 0.6) is 5.75 Å². The van der Waals surface area contributed by atoms with Crippen molar-refractivity contribution >= 4 is 39.1 Å². The maximum Gasteiger partial charge on any atom is 0.257 e. The minimum atomic E-state index is -0.403. The molecule has 1 heterocycles. The molecular weight excluding hydrogens is 320 g/mol. The number of phenols is 1. The third-order valence-electron chi connectivity index (χ3n) is 2.18. The molecule has 0 fully saturated rings. The average molecular weight is 328 g/mol. The fourth-order valence-corrected chi connectivity index (χ4v) is 1.77. The van der Waals surface area contributed by atoms with Crippen LogP contribution >= 0.6 is 27.5 Å². The largest absolute Gasteiger partial charge is 0.508 e. The van der Waals surface area contributed by atoms with Gasteiger partial charge in [-0.25, -0.2) is 4.98 Å². The van der Waals surface area contributed by atoms with E-state index in [0.29, 0.717) is 10.3 Å². The Morgan fingerprint density at radius 1 is 1.33 bits per heavy atom. The molecule has 0 bridgehead atoms. The number of anilines is 1. The number of hydrogen-bond acceptors (Lipinski definition) is 3. The average Bonchev–Trinajstić information content (AvgIpc) is 2.35. The van der Waals surface area contributed by atoms with E-state index in [-0.39, 0.29) is 16.3 Å². The molecule has 0 radical (unpaired) electrons. The maximum absolute atomic E-state index is 11.9. The van der Waals surface area contributed by atoms with Gasteiger partial charge in [0.2, 0.25) is 0 Å². The van der Waals surface area contributed by atoms with Gasteiger partial charge >= 0.3 is 0 Å². The first-order valence-corrected chi connectivity index (χ1v) is 6.15. The number of amides is 1. The van der Waals surface area contributed by atoms with Gasteiger partial charge < -0.3 is 10.4 Å². The second-order valence-electron chi connectivity index (χ2n) is 3.49. The smallest absolute Gasteiger partial charge is 0.257 e. The molecule has 0 saturated heterocycles. The summed E-state index contributed by atoms with van der Waals surface area (Å²) in [5.74, 6) is -0.418. The van der Waals surface area contributed by atoms with Crippen molar-refractivity contribution in [1.82, 2.24) is 4.98 Å². The van der Waals surface area contributed by atoms with Crippen molar-refractivity contribution in [3.63, 3.8) is 0 Å². The first-order valence-electron chi connectivity index (χ1n) is 4.97. The lowest BCUT2D eigenvalue weighted by molar-refractivity contribution is 0.102. The second kappa shape index (κ2) is 5.37. The van der Waals surface area contributed by atoms with Gasteiger partial charge in [0.1, 0.15) is 10.4 Å². The molecule has 1 amide bonds. The highest BCUT2D eigenvalue weighted by molar-refractivity contribution is 9.10. The van der Waals surface area contributed by atoms with Gasteiger partial charge in [0.25, 0.3) is 5.91 Å². The molecule has 18 heavy (non-hydrogen) atoms. The summed E-state index contributed by atoms with van der Waals surface area (Å²) in [5, 5.41) is 12.2. The Morgan fingerprint density at radius 2 is 2.11 bits per heavy atom. The third kappa shape index (κ3) is 3.00. The van der Waals surface area contributed by atoms with Crippen LogP contribution in [0.3, 0.4) is 0 Å². The summed E-state index contributed by atoms with van der Waals surface area (Å²) in [6, 6.07) is 7.60. The van der Waals surface area contributed by atoms with Crippen LogP contribution < -0.4 is 5.32 Å². The minimum Gasteiger partial charge on any atom is -0.508 e. The number of nitrogens with zero attached hydrogens (tertiary/aromatic N) is 1. The van der Waals surface area contributed by atoms with E-state index in [1.807, 2.05) is 0 Å². The Kier molecular flexibility index (Phi) is 3.84. The van der Waals surface area contributed by atoms with Gasteiger partial charge in [-0.15, -0.1) is 0 Å². The van der Waals surface area contributed by atoms with Crippen molar-refractivity contribution in [2.24, 2.45) is 0 Å². The molecule has 0 aliphatic carbocycles. The van der Waals surface area contributed by atoms with Gasteiger partial charge in [0, 0.05) is 0 Å². The van der Waals surface area contributed by atoms with Gasteiger partial charge in [-0.05, 0) is 46.3 Å². The summed E-state index contributed by atoms with van der Waals surface area (Å²) < 4.78 is 0.677. The number of carbonyl (C=O) groups excluding carboxylic acids is 1.